The molecular weight excluding hydrogens is 368 g/mol. The van der Waals surface area contributed by atoms with E-state index in [9.17, 15) is 4.79 Å². The van der Waals surface area contributed by atoms with Crippen LogP contribution in [0.4, 0.5) is 10.6 Å². The maximum absolute atomic E-state index is 11.7. The molecule has 0 aliphatic rings. The number of nitrogens with zero attached hydrogens (tertiary/aromatic N) is 3. The third-order valence-electron chi connectivity index (χ3n) is 4.15. The number of carbonyl (C=O) groups is 1. The minimum atomic E-state index is -0.482. The van der Waals surface area contributed by atoms with Crippen molar-refractivity contribution in [1.82, 2.24) is 9.55 Å². The van der Waals surface area contributed by atoms with Crippen LogP contribution in [0.2, 0.25) is 5.02 Å². The number of aromatic nitrogens is 2. The highest BCUT2D eigenvalue weighted by atomic mass is 35.5. The van der Waals surface area contributed by atoms with E-state index in [0.717, 1.165) is 23.5 Å². The van der Waals surface area contributed by atoms with Crippen molar-refractivity contribution in [2.75, 3.05) is 11.4 Å². The lowest BCUT2D eigenvalue weighted by atomic mass is 10.0. The van der Waals surface area contributed by atoms with E-state index < -0.39 is 6.03 Å². The Morgan fingerprint density at radius 2 is 2.19 bits per heavy atom. The molecule has 26 heavy (non-hydrogen) atoms. The molecule has 138 valence electrons. The Kier molecular flexibility index (Phi) is 5.53. The number of hydrogen-bond acceptors (Lipinski definition) is 3. The van der Waals surface area contributed by atoms with E-state index in [1.165, 1.54) is 27.2 Å². The molecule has 0 bridgehead atoms. The van der Waals surface area contributed by atoms with Gasteiger partial charge >= 0.3 is 6.03 Å². The summed E-state index contributed by atoms with van der Waals surface area (Å²) in [6, 6.07) is 5.46. The second kappa shape index (κ2) is 7.68. The molecule has 2 heterocycles. The topological polar surface area (TPSA) is 64.2 Å². The van der Waals surface area contributed by atoms with Crippen LogP contribution < -0.4 is 10.6 Å². The molecule has 0 fully saturated rings. The number of urea groups is 1. The fourth-order valence-corrected chi connectivity index (χ4v) is 4.05. The summed E-state index contributed by atoms with van der Waals surface area (Å²) in [7, 11) is 0. The molecule has 2 aromatic heterocycles. The zero-order valence-corrected chi connectivity index (χ0v) is 16.8. The number of hydrogen-bond donors (Lipinski definition) is 1. The highest BCUT2D eigenvalue weighted by Crippen LogP contribution is 2.31. The molecule has 3 rings (SSSR count). The Hall–Kier alpha value is -2.05. The van der Waals surface area contributed by atoms with Gasteiger partial charge in [-0.3, -0.25) is 9.47 Å². The van der Waals surface area contributed by atoms with Gasteiger partial charge in [0.1, 0.15) is 5.82 Å². The average molecular weight is 391 g/mol. The molecule has 0 unspecified atom stereocenters. The second-order valence-corrected chi connectivity index (χ2v) is 8.03. The van der Waals surface area contributed by atoms with Crippen LogP contribution in [0, 0.1) is 5.92 Å². The van der Waals surface area contributed by atoms with Gasteiger partial charge in [-0.2, -0.15) is 0 Å². The predicted molar refractivity (Wildman–Crippen MR) is 110 cm³/mol. The van der Waals surface area contributed by atoms with Gasteiger partial charge in [0.25, 0.3) is 0 Å². The molecule has 0 saturated carbocycles. The van der Waals surface area contributed by atoms with Crippen molar-refractivity contribution in [2.24, 2.45) is 11.7 Å². The number of thiazole rings is 1. The van der Waals surface area contributed by atoms with E-state index in [1.807, 2.05) is 24.4 Å². The molecule has 0 aliphatic carbocycles. The van der Waals surface area contributed by atoms with Crippen LogP contribution in [-0.2, 0) is 6.42 Å². The number of rotatable bonds is 6. The van der Waals surface area contributed by atoms with Gasteiger partial charge < -0.3 is 5.73 Å². The molecule has 3 aromatic rings. The van der Waals surface area contributed by atoms with Crippen molar-refractivity contribution in [1.29, 1.82) is 0 Å². The maximum Gasteiger partial charge on any atom is 0.320 e. The Morgan fingerprint density at radius 1 is 1.42 bits per heavy atom. The minimum absolute atomic E-state index is 0.482. The number of carbonyl (C=O) groups excluding carboxylic acids is 1. The van der Waals surface area contributed by atoms with Crippen LogP contribution in [0.5, 0.6) is 0 Å². The van der Waals surface area contributed by atoms with Gasteiger partial charge in [0.15, 0.2) is 5.13 Å². The molecule has 0 spiro atoms. The van der Waals surface area contributed by atoms with Crippen molar-refractivity contribution in [3.8, 4) is 5.13 Å². The third kappa shape index (κ3) is 3.71. The largest absolute Gasteiger partial charge is 0.351 e. The summed E-state index contributed by atoms with van der Waals surface area (Å²) in [4.78, 5) is 17.9. The summed E-state index contributed by atoms with van der Waals surface area (Å²) in [5.74, 6) is 1.14. The van der Waals surface area contributed by atoms with Gasteiger partial charge in [-0.1, -0.05) is 38.4 Å². The molecule has 0 saturated heterocycles. The molecule has 2 amide bonds. The minimum Gasteiger partial charge on any atom is -0.351 e. The lowest BCUT2D eigenvalue weighted by molar-refractivity contribution is 0.254. The van der Waals surface area contributed by atoms with Crippen molar-refractivity contribution in [3.05, 3.63) is 40.4 Å². The van der Waals surface area contributed by atoms with E-state index in [2.05, 4.69) is 35.7 Å². The third-order valence-corrected chi connectivity index (χ3v) is 5.22. The van der Waals surface area contributed by atoms with Gasteiger partial charge in [-0.25, -0.2) is 9.78 Å². The van der Waals surface area contributed by atoms with Gasteiger partial charge in [0, 0.05) is 28.5 Å². The molecule has 1 aromatic carbocycles. The number of benzene rings is 1. The zero-order valence-electron chi connectivity index (χ0n) is 15.2. The number of primary amides is 1. The summed E-state index contributed by atoms with van der Waals surface area (Å²) in [5.41, 5.74) is 7.79. The number of fused-ring (bicyclic) bond motifs is 1. The SMILES string of the molecule is CCCN(C(N)=O)c1csc(-n2cc(CC(C)C)c3ccc(Cl)cc32)n1. The van der Waals surface area contributed by atoms with Crippen LogP contribution in [0.1, 0.15) is 32.8 Å². The van der Waals surface area contributed by atoms with E-state index in [4.69, 9.17) is 17.3 Å². The lowest BCUT2D eigenvalue weighted by Crippen LogP contribution is -2.36. The van der Waals surface area contributed by atoms with Crippen molar-refractivity contribution in [2.45, 2.75) is 33.6 Å². The lowest BCUT2D eigenvalue weighted by Gasteiger charge is -2.16. The normalized spacial score (nSPS) is 11.4. The van der Waals surface area contributed by atoms with E-state index in [0.29, 0.717) is 23.3 Å². The summed E-state index contributed by atoms with van der Waals surface area (Å²) in [5, 5.41) is 4.54. The van der Waals surface area contributed by atoms with E-state index in [-0.39, 0.29) is 0 Å². The monoisotopic (exact) mass is 390 g/mol. The Bertz CT molecular complexity index is 931. The molecule has 0 radical (unpaired) electrons. The number of nitrogens with two attached hydrogens (primary N) is 1. The van der Waals surface area contributed by atoms with E-state index in [1.54, 1.807) is 0 Å². The second-order valence-electron chi connectivity index (χ2n) is 6.76. The first kappa shape index (κ1) is 18.7. The smallest absolute Gasteiger partial charge is 0.320 e. The maximum atomic E-state index is 11.7. The number of anilines is 1. The highest BCUT2D eigenvalue weighted by Gasteiger charge is 2.18. The Morgan fingerprint density at radius 3 is 2.85 bits per heavy atom. The van der Waals surface area contributed by atoms with Crippen LogP contribution in [0.25, 0.3) is 16.0 Å². The zero-order chi connectivity index (χ0) is 18.8. The molecular formula is C19H23ClN4OS. The van der Waals surface area contributed by atoms with Crippen molar-refractivity contribution in [3.63, 3.8) is 0 Å². The fraction of sp³-hybridized carbons (Fsp3) is 0.368. The van der Waals surface area contributed by atoms with Gasteiger partial charge in [0.2, 0.25) is 0 Å². The first-order valence-corrected chi connectivity index (χ1v) is 9.98. The van der Waals surface area contributed by atoms with Gasteiger partial charge in [-0.05, 0) is 36.5 Å². The molecule has 5 nitrogen and oxygen atoms in total. The average Bonchev–Trinajstić information content (AvgIpc) is 3.17. The molecule has 7 heteroatoms. The first-order chi connectivity index (χ1) is 12.4. The summed E-state index contributed by atoms with van der Waals surface area (Å²) >= 11 is 7.72. The molecule has 0 atom stereocenters. The molecule has 2 N–H and O–H groups in total. The van der Waals surface area contributed by atoms with Crippen molar-refractivity contribution >= 4 is 45.7 Å². The van der Waals surface area contributed by atoms with Crippen LogP contribution >= 0.6 is 22.9 Å². The quantitative estimate of drug-likeness (QED) is 0.625. The number of halogens is 1. The van der Waals surface area contributed by atoms with E-state index >= 15 is 0 Å². The van der Waals surface area contributed by atoms with Crippen LogP contribution in [-0.4, -0.2) is 22.1 Å². The number of amides is 2. The Labute approximate surface area is 162 Å². The molecule has 0 aliphatic heterocycles. The summed E-state index contributed by atoms with van der Waals surface area (Å²) < 4.78 is 2.05. The van der Waals surface area contributed by atoms with Crippen LogP contribution in [0.15, 0.2) is 29.8 Å². The predicted octanol–water partition coefficient (Wildman–Crippen LogP) is 5.23. The Balaban J connectivity index is 2.08. The van der Waals surface area contributed by atoms with Gasteiger partial charge in [-0.15, -0.1) is 11.3 Å². The highest BCUT2D eigenvalue weighted by molar-refractivity contribution is 7.12. The van der Waals surface area contributed by atoms with Crippen molar-refractivity contribution < 1.29 is 4.79 Å². The van der Waals surface area contributed by atoms with Crippen LogP contribution in [0.3, 0.4) is 0 Å². The fourth-order valence-electron chi connectivity index (χ4n) is 3.08. The standard InChI is InChI=1S/C19H23ClN4OS/c1-4-7-23(18(21)25)17-11-26-19(22-17)24-10-13(8-12(2)3)15-6-5-14(20)9-16(15)24/h5-6,9-12H,4,7-8H2,1-3H3,(H2,21,25). The summed E-state index contributed by atoms with van der Waals surface area (Å²) in [6.07, 6.45) is 3.92. The first-order valence-electron chi connectivity index (χ1n) is 8.73. The van der Waals surface area contributed by atoms with Gasteiger partial charge in [0.05, 0.1) is 5.52 Å². The summed E-state index contributed by atoms with van der Waals surface area (Å²) in [6.45, 7) is 6.96.